The van der Waals surface area contributed by atoms with E-state index in [0.717, 1.165) is 112 Å². The van der Waals surface area contributed by atoms with Gasteiger partial charge in [0.05, 0.1) is 25.2 Å². The fourth-order valence-electron chi connectivity index (χ4n) is 11.9. The van der Waals surface area contributed by atoms with Crippen molar-refractivity contribution in [2.24, 2.45) is 5.92 Å². The number of carbonyl (C=O) groups is 1. The Morgan fingerprint density at radius 1 is 0.471 bits per heavy atom. The quantitative estimate of drug-likeness (QED) is 0.0434. The van der Waals surface area contributed by atoms with Crippen molar-refractivity contribution in [2.45, 2.75) is 192 Å². The lowest BCUT2D eigenvalue weighted by Crippen LogP contribution is -2.10. The number of rotatable bonds is 14. The summed E-state index contributed by atoms with van der Waals surface area (Å²) in [4.78, 5) is 11.2. The summed E-state index contributed by atoms with van der Waals surface area (Å²) in [5.74, 6) is 0.881. The van der Waals surface area contributed by atoms with Crippen LogP contribution in [-0.2, 0) is 40.7 Å². The number of esters is 1. The third-order valence-corrected chi connectivity index (χ3v) is 18.4. The van der Waals surface area contributed by atoms with E-state index in [9.17, 15) is 40.6 Å². The number of alkyl halides is 5. The smallest absolute Gasteiger partial charge is 0.537 e. The molecule has 0 aromatic heterocycles. The van der Waals surface area contributed by atoms with Gasteiger partial charge in [0.2, 0.25) is 0 Å². The lowest BCUT2D eigenvalue weighted by Gasteiger charge is -2.17. The second kappa shape index (κ2) is 38.9. The van der Waals surface area contributed by atoms with Gasteiger partial charge in [-0.3, -0.25) is 4.79 Å². The molecule has 1 heterocycles. The first-order chi connectivity index (χ1) is 47.9. The van der Waals surface area contributed by atoms with Crippen LogP contribution in [0.1, 0.15) is 204 Å². The number of cyclic esters (lactones) is 1. The molecular formula is C85H96BCl3F7O6. The van der Waals surface area contributed by atoms with E-state index in [4.69, 9.17) is 54.3 Å². The fraction of sp³-hybridized carbons (Fsp3) is 0.353. The number of ether oxygens (including phenoxy) is 1. The van der Waals surface area contributed by atoms with Gasteiger partial charge in [0.1, 0.15) is 35.1 Å². The predicted octanol–water partition coefficient (Wildman–Crippen LogP) is 24.6. The number of carbonyl (C=O) groups excluding carboxylic acids is 1. The lowest BCUT2D eigenvalue weighted by atomic mass is 9.90. The van der Waals surface area contributed by atoms with Crippen molar-refractivity contribution in [3.05, 3.63) is 274 Å². The Kier molecular flexibility index (Phi) is 32.5. The Balaban J connectivity index is 0.000000223. The van der Waals surface area contributed by atoms with Crippen molar-refractivity contribution < 1.29 is 60.2 Å². The van der Waals surface area contributed by atoms with E-state index in [1.807, 2.05) is 139 Å². The van der Waals surface area contributed by atoms with E-state index < -0.39 is 17.8 Å². The third kappa shape index (κ3) is 23.5. The van der Waals surface area contributed by atoms with Crippen molar-refractivity contribution in [1.82, 2.24) is 0 Å². The second-order valence-electron chi connectivity index (χ2n) is 27.4. The van der Waals surface area contributed by atoms with Crippen molar-refractivity contribution in [2.75, 3.05) is 0 Å². The van der Waals surface area contributed by atoms with Gasteiger partial charge >= 0.3 is 19.8 Å². The first-order valence-electron chi connectivity index (χ1n) is 34.0. The van der Waals surface area contributed by atoms with Crippen LogP contribution in [0.2, 0.25) is 5.02 Å². The van der Waals surface area contributed by atoms with E-state index in [-0.39, 0.29) is 78.5 Å². The molecule has 10 rings (SSSR count). The minimum Gasteiger partial charge on any atom is -0.537 e. The maximum atomic E-state index is 14.0. The molecule has 0 unspecified atom stereocenters. The molecule has 2 atom stereocenters. The van der Waals surface area contributed by atoms with Crippen molar-refractivity contribution >= 4 is 48.5 Å². The zero-order valence-corrected chi connectivity index (χ0v) is 64.0. The second-order valence-corrected chi connectivity index (χ2v) is 28.4. The molecule has 0 saturated carbocycles. The van der Waals surface area contributed by atoms with Crippen LogP contribution in [0, 0.1) is 91.5 Å². The van der Waals surface area contributed by atoms with Gasteiger partial charge in [-0.05, 0) is 258 Å². The summed E-state index contributed by atoms with van der Waals surface area (Å²) >= 11 is 17.9. The number of aryl methyl sites for hydroxylation is 9. The summed E-state index contributed by atoms with van der Waals surface area (Å²) in [5, 5.41) is 27.4. The molecule has 1 fully saturated rings. The summed E-state index contributed by atoms with van der Waals surface area (Å²) in [7, 11) is 0.602. The van der Waals surface area contributed by atoms with Gasteiger partial charge in [-0.1, -0.05) is 175 Å². The summed E-state index contributed by atoms with van der Waals surface area (Å²) in [6.07, 6.45) is -4.70. The summed E-state index contributed by atoms with van der Waals surface area (Å²) in [6, 6.07) is 41.6. The van der Waals surface area contributed by atoms with Gasteiger partial charge in [0, 0.05) is 22.7 Å². The zero-order valence-electron chi connectivity index (χ0n) is 61.7. The molecule has 1 saturated heterocycles. The van der Waals surface area contributed by atoms with Gasteiger partial charge in [-0.2, -0.15) is 13.2 Å². The van der Waals surface area contributed by atoms with Crippen molar-refractivity contribution in [1.29, 1.82) is 0 Å². The number of benzene rings is 9. The van der Waals surface area contributed by atoms with Crippen LogP contribution in [0.3, 0.4) is 0 Å². The highest BCUT2D eigenvalue weighted by molar-refractivity contribution is 6.31. The van der Waals surface area contributed by atoms with Crippen LogP contribution in [0.4, 0.5) is 30.7 Å². The molecule has 0 amide bonds. The molecule has 1 radical (unpaired) electrons. The van der Waals surface area contributed by atoms with Crippen molar-refractivity contribution in [3.63, 3.8) is 0 Å². The average molecular weight is 1460 g/mol. The normalized spacial score (nSPS) is 13.2. The van der Waals surface area contributed by atoms with Crippen LogP contribution >= 0.6 is 34.8 Å². The Bertz CT molecular complexity index is 4050. The van der Waals surface area contributed by atoms with E-state index in [1.165, 1.54) is 17.2 Å². The van der Waals surface area contributed by atoms with Crippen LogP contribution < -0.4 is 4.65 Å². The number of hydrogen-bond donors (Lipinski definition) is 3. The molecule has 6 nitrogen and oxygen atoms in total. The molecule has 0 aliphatic carbocycles. The molecule has 545 valence electrons. The first kappa shape index (κ1) is 85.2. The Morgan fingerprint density at radius 3 is 1.16 bits per heavy atom. The molecule has 17 heteroatoms. The number of hydrogen-bond acceptors (Lipinski definition) is 6. The number of aliphatic hydroxyl groups excluding tert-OH is 2. The van der Waals surface area contributed by atoms with E-state index in [0.29, 0.717) is 52.5 Å². The molecule has 9 aromatic rings. The highest BCUT2D eigenvalue weighted by Gasteiger charge is 2.36. The minimum atomic E-state index is -4.38. The van der Waals surface area contributed by atoms with Gasteiger partial charge in [0.25, 0.3) is 0 Å². The minimum absolute atomic E-state index is 0.00909. The van der Waals surface area contributed by atoms with Crippen LogP contribution in [-0.4, -0.2) is 28.9 Å². The molecule has 3 N–H and O–H groups in total. The molecule has 9 aromatic carbocycles. The first-order valence-corrected chi connectivity index (χ1v) is 35.4. The van der Waals surface area contributed by atoms with Crippen molar-refractivity contribution in [3.8, 4) is 39.1 Å². The van der Waals surface area contributed by atoms with Gasteiger partial charge in [-0.15, -0.1) is 23.2 Å². The SMILES string of the molecule is Cc1cc(F)c(C(C)C)cc1O[B]O.Cc1cc([C@H]2OC(=O)C[C@H]2C)cc(C(F)(F)F)c1.Cc1ccc(-c2cc(C(C)C)c(F)cc2C)c(CCl)c1.Cc1ccc(-c2cc(C(C)C)c(F)cc2C)c(CCl)c1.Cc1ccc(-c2cc(C(C)C)c(F)cc2C)c(CO)c1.Cc1ccc(Cl)c(CO)c1. The Morgan fingerprint density at radius 2 is 0.824 bits per heavy atom. The Hall–Kier alpha value is -7.43. The molecule has 1 aliphatic heterocycles. The standard InChI is InChI=1S/2C18H20ClF.C18H21FO.C13H13F3O2.C10H13BFO2.C8H9ClO/c2*1-11(2)16-9-17(13(4)8-18(16)20)15-6-5-12(3)7-14(15)10-19;1-11(2)16-9-17(13(4)8-18(16)19)15-6-5-12(3)7-14(15)10-20;1-7-3-9(6-10(4-7)13(14,15)16)12-8(2)5-11(17)18-12;1-6(2)8-5-10(14-11-13)7(3)4-9(8)12;1-6-2-3-8(9)7(4-6)5-10/h2*5-9,11H,10H2,1-4H3;5-9,11,20H,10H2,1-4H3;3-4,6,8,12H,5H2,1-2H3;4-6,13H,1-3H3;2-4,10H,5H2,1H3/t;;;8-,12+;;/m...1../s1. The van der Waals surface area contributed by atoms with Gasteiger partial charge in [-0.25, -0.2) is 17.6 Å². The summed E-state index contributed by atoms with van der Waals surface area (Å²) < 4.78 is 103. The molecule has 102 heavy (non-hydrogen) atoms. The fourth-order valence-corrected chi connectivity index (χ4v) is 12.5. The molecule has 0 spiro atoms. The summed E-state index contributed by atoms with van der Waals surface area (Å²) in [5.41, 5.74) is 21.3. The Labute approximate surface area is 615 Å². The lowest BCUT2D eigenvalue weighted by molar-refractivity contribution is -0.141. The predicted molar refractivity (Wildman–Crippen MR) is 406 cm³/mol. The molecular weight excluding hydrogens is 1370 g/mol. The van der Waals surface area contributed by atoms with Crippen LogP contribution in [0.15, 0.2) is 140 Å². The number of aliphatic hydroxyl groups is 2. The summed E-state index contributed by atoms with van der Waals surface area (Å²) in [6.45, 7) is 34.8. The molecule has 1 aliphatic rings. The zero-order chi connectivity index (χ0) is 76.4. The topological polar surface area (TPSA) is 96.2 Å². The highest BCUT2D eigenvalue weighted by atomic mass is 35.5. The maximum Gasteiger partial charge on any atom is 0.569 e. The van der Waals surface area contributed by atoms with Gasteiger partial charge < -0.3 is 24.6 Å². The van der Waals surface area contributed by atoms with Gasteiger partial charge in [0.15, 0.2) is 0 Å². The maximum absolute atomic E-state index is 14.0. The monoisotopic (exact) mass is 1460 g/mol. The van der Waals surface area contributed by atoms with E-state index >= 15 is 0 Å². The van der Waals surface area contributed by atoms with Crippen LogP contribution in [0.25, 0.3) is 33.4 Å². The highest BCUT2D eigenvalue weighted by Crippen LogP contribution is 2.40. The average Bonchev–Trinajstić information content (AvgIpc) is 1.37. The van der Waals surface area contributed by atoms with Crippen LogP contribution in [0.5, 0.6) is 5.75 Å². The third-order valence-electron chi connectivity index (χ3n) is 17.5. The number of halogens is 10. The van der Waals surface area contributed by atoms with E-state index in [2.05, 4.69) is 50.2 Å². The largest absolute Gasteiger partial charge is 0.569 e. The van der Waals surface area contributed by atoms with E-state index in [1.54, 1.807) is 57.2 Å². The molecule has 0 bridgehead atoms.